The Morgan fingerprint density at radius 3 is 2.60 bits per heavy atom. The summed E-state index contributed by atoms with van der Waals surface area (Å²) in [6.45, 7) is 7.89. The lowest BCUT2D eigenvalue weighted by molar-refractivity contribution is -0.162. The van der Waals surface area contributed by atoms with Crippen LogP contribution in [-0.4, -0.2) is 70.8 Å². The Hall–Kier alpha value is -1.10. The quantitative estimate of drug-likeness (QED) is 0.747. The van der Waals surface area contributed by atoms with E-state index in [2.05, 4.69) is 11.8 Å². The Labute approximate surface area is 120 Å². The van der Waals surface area contributed by atoms with Gasteiger partial charge in [-0.3, -0.25) is 9.59 Å². The lowest BCUT2D eigenvalue weighted by Crippen LogP contribution is -2.66. The van der Waals surface area contributed by atoms with Gasteiger partial charge in [-0.15, -0.1) is 0 Å². The van der Waals surface area contributed by atoms with E-state index in [-0.39, 0.29) is 29.9 Å². The number of amides is 2. The van der Waals surface area contributed by atoms with Crippen LogP contribution in [0.3, 0.4) is 0 Å². The zero-order valence-electron chi connectivity index (χ0n) is 12.5. The number of nitrogens with zero attached hydrogens (tertiary/aromatic N) is 3. The first kappa shape index (κ1) is 13.9. The van der Waals surface area contributed by atoms with Gasteiger partial charge in [0.25, 0.3) is 0 Å². The van der Waals surface area contributed by atoms with E-state index in [4.69, 9.17) is 0 Å². The molecule has 3 unspecified atom stereocenters. The normalized spacial score (nSPS) is 35.6. The Kier molecular flexibility index (Phi) is 3.71. The van der Waals surface area contributed by atoms with Gasteiger partial charge in [-0.05, 0) is 45.7 Å². The van der Waals surface area contributed by atoms with Crippen molar-refractivity contribution in [2.24, 2.45) is 0 Å². The Balaban J connectivity index is 1.80. The summed E-state index contributed by atoms with van der Waals surface area (Å²) in [6.07, 6.45) is 3.97. The summed E-state index contributed by atoms with van der Waals surface area (Å²) in [5.41, 5.74) is 0. The summed E-state index contributed by atoms with van der Waals surface area (Å²) in [4.78, 5) is 31.4. The van der Waals surface area contributed by atoms with Gasteiger partial charge in [0.1, 0.15) is 12.1 Å². The van der Waals surface area contributed by atoms with E-state index >= 15 is 0 Å². The van der Waals surface area contributed by atoms with Crippen molar-refractivity contribution in [1.82, 2.24) is 14.7 Å². The molecule has 3 aliphatic heterocycles. The van der Waals surface area contributed by atoms with Crippen molar-refractivity contribution >= 4 is 11.8 Å². The minimum absolute atomic E-state index is 0.153. The second-order valence-electron chi connectivity index (χ2n) is 6.30. The lowest BCUT2D eigenvalue weighted by atomic mass is 9.98. The zero-order valence-corrected chi connectivity index (χ0v) is 12.5. The zero-order chi connectivity index (χ0) is 14.3. The third-order valence-electron chi connectivity index (χ3n) is 5.17. The van der Waals surface area contributed by atoms with Crippen LogP contribution in [0, 0.1) is 0 Å². The maximum Gasteiger partial charge on any atom is 0.246 e. The fourth-order valence-electron chi connectivity index (χ4n) is 4.05. The molecule has 3 heterocycles. The van der Waals surface area contributed by atoms with Crippen LogP contribution in [0.25, 0.3) is 0 Å². The molecule has 0 saturated carbocycles. The maximum atomic E-state index is 12.8. The van der Waals surface area contributed by atoms with E-state index in [0.29, 0.717) is 0 Å². The predicted octanol–water partition coefficient (Wildman–Crippen LogP) is 0.692. The van der Waals surface area contributed by atoms with Crippen molar-refractivity contribution in [1.29, 1.82) is 0 Å². The molecule has 20 heavy (non-hydrogen) atoms. The Bertz CT molecular complexity index is 412. The molecule has 5 heteroatoms. The summed E-state index contributed by atoms with van der Waals surface area (Å²) < 4.78 is 0. The van der Waals surface area contributed by atoms with Crippen LogP contribution in [0.4, 0.5) is 0 Å². The number of likely N-dealkylation sites (N-methyl/N-ethyl adjacent to an activating group) is 1. The van der Waals surface area contributed by atoms with Crippen LogP contribution in [0.15, 0.2) is 0 Å². The van der Waals surface area contributed by atoms with E-state index in [1.807, 2.05) is 16.7 Å². The number of carbonyl (C=O) groups excluding carboxylic acids is 2. The molecular formula is C15H25N3O2. The molecule has 2 amide bonds. The standard InChI is InChI=1S/C15H25N3O2/c1-3-16-8-4-6-12(10-16)18-11(2)14(19)17-9-5-7-13(17)15(18)20/h11-13H,3-10H2,1-2H3. The SMILES string of the molecule is CCN1CCCC(N2C(=O)C3CCCN3C(=O)C2C)C1. The van der Waals surface area contributed by atoms with Gasteiger partial charge in [-0.1, -0.05) is 6.92 Å². The van der Waals surface area contributed by atoms with Crippen molar-refractivity contribution in [3.63, 3.8) is 0 Å². The lowest BCUT2D eigenvalue weighted by Gasteiger charge is -2.47. The van der Waals surface area contributed by atoms with Crippen LogP contribution < -0.4 is 0 Å². The van der Waals surface area contributed by atoms with Gasteiger partial charge in [-0.2, -0.15) is 0 Å². The summed E-state index contributed by atoms with van der Waals surface area (Å²) in [5.74, 6) is 0.346. The third-order valence-corrected chi connectivity index (χ3v) is 5.17. The minimum Gasteiger partial charge on any atom is -0.329 e. The second kappa shape index (κ2) is 5.35. The van der Waals surface area contributed by atoms with Crippen LogP contribution in [0.2, 0.25) is 0 Å². The average molecular weight is 279 g/mol. The molecule has 0 bridgehead atoms. The number of carbonyl (C=O) groups is 2. The monoisotopic (exact) mass is 279 g/mol. The molecule has 112 valence electrons. The first-order valence-electron chi connectivity index (χ1n) is 7.98. The molecule has 0 aromatic heterocycles. The number of piperidine rings is 1. The summed E-state index contributed by atoms with van der Waals surface area (Å²) in [5, 5.41) is 0. The number of likely N-dealkylation sites (tertiary alicyclic amines) is 1. The number of hydrogen-bond donors (Lipinski definition) is 0. The second-order valence-corrected chi connectivity index (χ2v) is 6.30. The van der Waals surface area contributed by atoms with Crippen LogP contribution in [0.5, 0.6) is 0 Å². The van der Waals surface area contributed by atoms with E-state index in [0.717, 1.165) is 51.9 Å². The summed E-state index contributed by atoms with van der Waals surface area (Å²) >= 11 is 0. The van der Waals surface area contributed by atoms with Gasteiger partial charge in [-0.25, -0.2) is 0 Å². The van der Waals surface area contributed by atoms with Gasteiger partial charge in [0, 0.05) is 19.1 Å². The number of rotatable bonds is 2. The van der Waals surface area contributed by atoms with Gasteiger partial charge in [0.2, 0.25) is 11.8 Å². The molecule has 3 saturated heterocycles. The molecule has 0 aromatic rings. The molecule has 5 nitrogen and oxygen atoms in total. The third kappa shape index (κ3) is 2.12. The van der Waals surface area contributed by atoms with Gasteiger partial charge in [0.15, 0.2) is 0 Å². The van der Waals surface area contributed by atoms with Crippen molar-refractivity contribution in [3.05, 3.63) is 0 Å². The first-order chi connectivity index (χ1) is 9.63. The van der Waals surface area contributed by atoms with Gasteiger partial charge < -0.3 is 14.7 Å². The largest absolute Gasteiger partial charge is 0.329 e. The van der Waals surface area contributed by atoms with Gasteiger partial charge >= 0.3 is 0 Å². The van der Waals surface area contributed by atoms with Crippen molar-refractivity contribution in [2.45, 2.75) is 57.7 Å². The molecule has 0 aromatic carbocycles. The molecular weight excluding hydrogens is 254 g/mol. The highest BCUT2D eigenvalue weighted by molar-refractivity contribution is 5.97. The maximum absolute atomic E-state index is 12.8. The Morgan fingerprint density at radius 1 is 1.10 bits per heavy atom. The fraction of sp³-hybridized carbons (Fsp3) is 0.867. The topological polar surface area (TPSA) is 43.9 Å². The smallest absolute Gasteiger partial charge is 0.246 e. The van der Waals surface area contributed by atoms with Crippen molar-refractivity contribution < 1.29 is 9.59 Å². The van der Waals surface area contributed by atoms with Gasteiger partial charge in [0.05, 0.1) is 0 Å². The minimum atomic E-state index is -0.279. The number of fused-ring (bicyclic) bond motifs is 1. The average Bonchev–Trinajstić information content (AvgIpc) is 2.95. The summed E-state index contributed by atoms with van der Waals surface area (Å²) in [6, 6.07) is -0.229. The Morgan fingerprint density at radius 2 is 1.85 bits per heavy atom. The van der Waals surface area contributed by atoms with E-state index in [9.17, 15) is 9.59 Å². The predicted molar refractivity (Wildman–Crippen MR) is 76.2 cm³/mol. The molecule has 0 N–H and O–H groups in total. The molecule has 0 aliphatic carbocycles. The number of hydrogen-bond acceptors (Lipinski definition) is 3. The van der Waals surface area contributed by atoms with Crippen LogP contribution in [-0.2, 0) is 9.59 Å². The fourth-order valence-corrected chi connectivity index (χ4v) is 4.05. The molecule has 3 aliphatic rings. The van der Waals surface area contributed by atoms with Crippen molar-refractivity contribution in [3.8, 4) is 0 Å². The van der Waals surface area contributed by atoms with E-state index < -0.39 is 0 Å². The highest BCUT2D eigenvalue weighted by atomic mass is 16.2. The number of piperazine rings is 1. The van der Waals surface area contributed by atoms with E-state index in [1.165, 1.54) is 0 Å². The van der Waals surface area contributed by atoms with Crippen LogP contribution in [0.1, 0.15) is 39.5 Å². The molecule has 0 radical (unpaired) electrons. The molecule has 3 fully saturated rings. The van der Waals surface area contributed by atoms with Crippen molar-refractivity contribution in [2.75, 3.05) is 26.2 Å². The van der Waals surface area contributed by atoms with E-state index in [1.54, 1.807) is 0 Å². The molecule has 0 spiro atoms. The molecule has 3 atom stereocenters. The highest BCUT2D eigenvalue weighted by Gasteiger charge is 2.48. The van der Waals surface area contributed by atoms with Crippen LogP contribution >= 0.6 is 0 Å². The summed E-state index contributed by atoms with van der Waals surface area (Å²) in [7, 11) is 0. The molecule has 3 rings (SSSR count). The first-order valence-corrected chi connectivity index (χ1v) is 7.98. The highest BCUT2D eigenvalue weighted by Crippen LogP contribution is 2.30.